The highest BCUT2D eigenvalue weighted by molar-refractivity contribution is 7.49. The van der Waals surface area contributed by atoms with Crippen LogP contribution < -0.4 is 15.5 Å². The number of aliphatic hydroxyl groups is 1. The summed E-state index contributed by atoms with van der Waals surface area (Å²) in [6, 6.07) is 15.0. The second kappa shape index (κ2) is 13.9. The van der Waals surface area contributed by atoms with Crippen molar-refractivity contribution in [3.05, 3.63) is 88.7 Å². The van der Waals surface area contributed by atoms with Gasteiger partial charge in [0.25, 0.3) is 5.91 Å². The van der Waals surface area contributed by atoms with Gasteiger partial charge in [0, 0.05) is 5.56 Å². The fourth-order valence-corrected chi connectivity index (χ4v) is 5.33. The number of para-hydroxylation sites is 1. The number of aromatic nitrogens is 2. The first-order valence-corrected chi connectivity index (χ1v) is 14.9. The third-order valence-corrected chi connectivity index (χ3v) is 7.61. The first kappa shape index (κ1) is 33.8. The number of carbonyl (C=O) groups is 2. The summed E-state index contributed by atoms with van der Waals surface area (Å²) in [6.45, 7) is 3.27. The lowest BCUT2D eigenvalue weighted by atomic mass is 10.1. The van der Waals surface area contributed by atoms with Crippen LogP contribution in [0.5, 0.6) is 5.75 Å². The van der Waals surface area contributed by atoms with Crippen LogP contribution in [-0.2, 0) is 27.9 Å². The second-order valence-corrected chi connectivity index (χ2v) is 11.5. The monoisotopic (exact) mass is 655 g/mol. The summed E-state index contributed by atoms with van der Waals surface area (Å²) in [4.78, 5) is 40.6. The number of nitrogens with one attached hydrogen (secondary N) is 1. The number of anilines is 1. The summed E-state index contributed by atoms with van der Waals surface area (Å²) in [5.41, 5.74) is -1.33. The van der Waals surface area contributed by atoms with Gasteiger partial charge in [0.05, 0.1) is 18.9 Å². The van der Waals surface area contributed by atoms with Gasteiger partial charge in [-0.1, -0.05) is 36.4 Å². The Kier molecular flexibility index (Phi) is 10.5. The number of hydrogen-bond donors (Lipinski definition) is 2. The molecule has 0 spiro atoms. The first-order valence-electron chi connectivity index (χ1n) is 13.4. The van der Waals surface area contributed by atoms with Crippen LogP contribution in [0.4, 0.5) is 19.0 Å². The molecular weight excluding hydrogens is 626 g/mol. The zero-order valence-electron chi connectivity index (χ0n) is 24.0. The number of benzene rings is 2. The number of nitrogens with zero attached hydrogens (tertiary/aromatic N) is 2. The molecule has 1 fully saturated rings. The normalized spacial score (nSPS) is 21.1. The Morgan fingerprint density at radius 3 is 2.36 bits per heavy atom. The van der Waals surface area contributed by atoms with Crippen molar-refractivity contribution in [3.8, 4) is 5.75 Å². The molecule has 0 radical (unpaired) electrons. The summed E-state index contributed by atoms with van der Waals surface area (Å²) in [5, 5.41) is 12.5. The SMILES string of the molecule is CC(C)OC(=O)[C@H](C)OP(=O)(OC[C@H]1O[C@@H](n2cc(F)c(NC(=O)c3ccccc3)nc2=O)C(F)(F)[C@@H]1O)Oc1ccccc1. The average molecular weight is 656 g/mol. The van der Waals surface area contributed by atoms with Gasteiger partial charge in [0.15, 0.2) is 23.8 Å². The minimum atomic E-state index is -4.79. The van der Waals surface area contributed by atoms with E-state index in [1.807, 2.05) is 0 Å². The fraction of sp³-hybridized carbons (Fsp3) is 0.357. The molecule has 45 heavy (non-hydrogen) atoms. The number of alkyl halides is 2. The molecule has 2 heterocycles. The van der Waals surface area contributed by atoms with Crippen LogP contribution >= 0.6 is 7.82 Å². The van der Waals surface area contributed by atoms with Crippen molar-refractivity contribution in [1.82, 2.24) is 9.55 Å². The van der Waals surface area contributed by atoms with Gasteiger partial charge in [-0.3, -0.25) is 18.4 Å². The first-order chi connectivity index (χ1) is 21.2. The van der Waals surface area contributed by atoms with Gasteiger partial charge in [-0.2, -0.15) is 13.8 Å². The van der Waals surface area contributed by atoms with Gasteiger partial charge < -0.3 is 24.4 Å². The Morgan fingerprint density at radius 1 is 1.11 bits per heavy atom. The number of halogens is 3. The number of rotatable bonds is 12. The van der Waals surface area contributed by atoms with E-state index in [-0.39, 0.29) is 15.9 Å². The molecule has 4 rings (SSSR count). The van der Waals surface area contributed by atoms with E-state index < -0.39 is 80.2 Å². The number of phosphoric ester groups is 1. The molecule has 242 valence electrons. The Morgan fingerprint density at radius 2 is 1.73 bits per heavy atom. The summed E-state index contributed by atoms with van der Waals surface area (Å²) >= 11 is 0. The van der Waals surface area contributed by atoms with E-state index in [0.29, 0.717) is 6.20 Å². The molecule has 3 aromatic rings. The standard InChI is InChI=1S/C28H29F3N3O10P/c1-16(2)41-25(37)17(3)43-45(39,44-19-12-8-5-9-13-19)40-15-21-22(35)28(30,31)26(42-21)34-14-20(29)23(33-27(34)38)32-24(36)18-10-6-4-7-11-18/h4-14,16-17,21-22,26,35H,15H2,1-3H3,(H,32,33,36,38)/t17-,21+,22+,26+,45?/m0/s1. The predicted molar refractivity (Wildman–Crippen MR) is 150 cm³/mol. The number of esters is 1. The molecule has 5 atom stereocenters. The van der Waals surface area contributed by atoms with Crippen molar-refractivity contribution in [2.75, 3.05) is 11.9 Å². The lowest BCUT2D eigenvalue weighted by Gasteiger charge is -2.23. The third kappa shape index (κ3) is 8.15. The van der Waals surface area contributed by atoms with Gasteiger partial charge >= 0.3 is 25.4 Å². The Balaban J connectivity index is 1.52. The summed E-state index contributed by atoms with van der Waals surface area (Å²) < 4.78 is 84.8. The van der Waals surface area contributed by atoms with Gasteiger partial charge in [-0.15, -0.1) is 0 Å². The average Bonchev–Trinajstić information content (AvgIpc) is 3.21. The van der Waals surface area contributed by atoms with E-state index in [0.717, 1.165) is 0 Å². The number of amides is 1. The van der Waals surface area contributed by atoms with E-state index in [1.54, 1.807) is 38.1 Å². The highest BCUT2D eigenvalue weighted by Gasteiger charge is 2.60. The molecule has 1 saturated heterocycles. The smallest absolute Gasteiger partial charge is 0.461 e. The maximum absolute atomic E-state index is 15.2. The highest BCUT2D eigenvalue weighted by atomic mass is 31.2. The Bertz CT molecular complexity index is 1610. The van der Waals surface area contributed by atoms with Crippen LogP contribution in [0.3, 0.4) is 0 Å². The zero-order chi connectivity index (χ0) is 32.9. The summed E-state index contributed by atoms with van der Waals surface area (Å²) in [5.74, 6) is -8.18. The molecule has 1 amide bonds. The Hall–Kier alpha value is -4.08. The van der Waals surface area contributed by atoms with E-state index in [9.17, 15) is 28.4 Å². The number of ether oxygens (including phenoxy) is 2. The van der Waals surface area contributed by atoms with E-state index in [2.05, 4.69) is 10.3 Å². The lowest BCUT2D eigenvalue weighted by molar-refractivity contribution is -0.156. The number of phosphoric acid groups is 1. The molecule has 17 heteroatoms. The fourth-order valence-electron chi connectivity index (χ4n) is 3.99. The Labute approximate surface area is 254 Å². The van der Waals surface area contributed by atoms with Gasteiger partial charge in [-0.05, 0) is 45.0 Å². The topological polar surface area (TPSA) is 165 Å². The quantitative estimate of drug-likeness (QED) is 0.213. The minimum absolute atomic E-state index is 0.0334. The molecule has 0 saturated carbocycles. The highest BCUT2D eigenvalue weighted by Crippen LogP contribution is 2.52. The number of hydrogen-bond acceptors (Lipinski definition) is 11. The molecule has 1 aliphatic rings. The molecule has 1 aliphatic heterocycles. The molecule has 2 N–H and O–H groups in total. The number of carbonyl (C=O) groups excluding carboxylic acids is 2. The molecule has 1 aromatic heterocycles. The van der Waals surface area contributed by atoms with Gasteiger partial charge in [0.2, 0.25) is 6.23 Å². The predicted octanol–water partition coefficient (Wildman–Crippen LogP) is 4.09. The molecule has 13 nitrogen and oxygen atoms in total. The van der Waals surface area contributed by atoms with Crippen molar-refractivity contribution in [2.24, 2.45) is 0 Å². The molecule has 0 bridgehead atoms. The van der Waals surface area contributed by atoms with Gasteiger partial charge in [0.1, 0.15) is 11.9 Å². The van der Waals surface area contributed by atoms with Crippen molar-refractivity contribution >= 4 is 25.5 Å². The number of aliphatic hydroxyl groups excluding tert-OH is 1. The third-order valence-electron chi connectivity index (χ3n) is 6.14. The van der Waals surface area contributed by atoms with Crippen LogP contribution in [0, 0.1) is 5.82 Å². The molecular formula is C28H29F3N3O10P. The minimum Gasteiger partial charge on any atom is -0.461 e. The molecule has 0 aliphatic carbocycles. The van der Waals surface area contributed by atoms with Crippen molar-refractivity contribution in [3.63, 3.8) is 0 Å². The largest absolute Gasteiger partial charge is 0.530 e. The second-order valence-electron chi connectivity index (χ2n) is 9.97. The summed E-state index contributed by atoms with van der Waals surface area (Å²) in [7, 11) is -4.79. The van der Waals surface area contributed by atoms with Crippen molar-refractivity contribution < 1.29 is 55.5 Å². The van der Waals surface area contributed by atoms with Gasteiger partial charge in [-0.25, -0.2) is 18.5 Å². The molecule has 2 aromatic carbocycles. The van der Waals surface area contributed by atoms with Crippen LogP contribution in [0.25, 0.3) is 0 Å². The lowest BCUT2D eigenvalue weighted by Crippen LogP contribution is -2.42. The van der Waals surface area contributed by atoms with Crippen LogP contribution in [-0.4, -0.2) is 63.5 Å². The van der Waals surface area contributed by atoms with Crippen LogP contribution in [0.1, 0.15) is 37.4 Å². The van der Waals surface area contributed by atoms with Crippen LogP contribution in [0.15, 0.2) is 71.7 Å². The molecule has 1 unspecified atom stereocenters. The maximum atomic E-state index is 15.2. The van der Waals surface area contributed by atoms with E-state index >= 15 is 8.78 Å². The summed E-state index contributed by atoms with van der Waals surface area (Å²) in [6.07, 6.45) is -8.94. The zero-order valence-corrected chi connectivity index (χ0v) is 24.9. The van der Waals surface area contributed by atoms with E-state index in [4.69, 9.17) is 23.0 Å². The maximum Gasteiger partial charge on any atom is 0.530 e. The van der Waals surface area contributed by atoms with Crippen molar-refractivity contribution in [2.45, 2.75) is 57.3 Å². The van der Waals surface area contributed by atoms with Crippen LogP contribution in [0.2, 0.25) is 0 Å². The van der Waals surface area contributed by atoms with E-state index in [1.165, 1.54) is 43.3 Å². The van der Waals surface area contributed by atoms with Crippen molar-refractivity contribution in [1.29, 1.82) is 0 Å².